The van der Waals surface area contributed by atoms with Crippen molar-refractivity contribution in [1.82, 2.24) is 14.7 Å². The molecule has 0 fully saturated rings. The predicted octanol–water partition coefficient (Wildman–Crippen LogP) is 2.56. The maximum Gasteiger partial charge on any atom is 0.308 e. The third kappa shape index (κ3) is 3.48. The van der Waals surface area contributed by atoms with Crippen molar-refractivity contribution < 1.29 is 14.7 Å². The maximum atomic E-state index is 12.8. The van der Waals surface area contributed by atoms with E-state index < -0.39 is 29.4 Å². The van der Waals surface area contributed by atoms with Crippen molar-refractivity contribution in [2.75, 3.05) is 0 Å². The van der Waals surface area contributed by atoms with Crippen LogP contribution in [0, 0.1) is 19.8 Å². The number of thiazole rings is 1. The van der Waals surface area contributed by atoms with Crippen LogP contribution in [0.1, 0.15) is 39.5 Å². The third-order valence-corrected chi connectivity index (χ3v) is 5.67. The number of carbonyl (C=O) groups excluding carboxylic acids is 1. The highest BCUT2D eigenvalue weighted by Crippen LogP contribution is 2.23. The van der Waals surface area contributed by atoms with Crippen molar-refractivity contribution in [1.29, 1.82) is 0 Å². The molecule has 0 spiro atoms. The van der Waals surface area contributed by atoms with Gasteiger partial charge in [-0.3, -0.25) is 18.8 Å². The van der Waals surface area contributed by atoms with Gasteiger partial charge in [0, 0.05) is 16.8 Å². The largest absolute Gasteiger partial charge is 0.481 e. The van der Waals surface area contributed by atoms with Gasteiger partial charge >= 0.3 is 5.97 Å². The Bertz CT molecular complexity index is 1070. The number of amides is 1. The van der Waals surface area contributed by atoms with Gasteiger partial charge in [0.2, 0.25) is 0 Å². The molecule has 7 nitrogen and oxygen atoms in total. The molecular formula is C19H19N3O4S. The van der Waals surface area contributed by atoms with Gasteiger partial charge in [-0.05, 0) is 26.3 Å². The Morgan fingerprint density at radius 3 is 2.52 bits per heavy atom. The van der Waals surface area contributed by atoms with Crippen LogP contribution in [0.5, 0.6) is 0 Å². The average Bonchev–Trinajstić information content (AvgIpc) is 2.94. The molecule has 2 N–H and O–H groups in total. The van der Waals surface area contributed by atoms with Gasteiger partial charge in [-0.2, -0.15) is 0 Å². The number of hydrogen-bond donors (Lipinski definition) is 2. The number of carboxylic acids is 1. The fraction of sp³-hybridized carbons (Fsp3) is 0.263. The van der Waals surface area contributed by atoms with Gasteiger partial charge in [0.15, 0.2) is 4.96 Å². The first-order chi connectivity index (χ1) is 12.8. The monoisotopic (exact) mass is 385 g/mol. The second-order valence-electron chi connectivity index (χ2n) is 6.33. The summed E-state index contributed by atoms with van der Waals surface area (Å²) in [5.74, 6) is -2.56. The average molecular weight is 385 g/mol. The molecule has 0 saturated carbocycles. The summed E-state index contributed by atoms with van der Waals surface area (Å²) >= 11 is 1.38. The maximum absolute atomic E-state index is 12.8. The molecule has 2 atom stereocenters. The molecule has 140 valence electrons. The number of fused-ring (bicyclic) bond motifs is 1. The summed E-state index contributed by atoms with van der Waals surface area (Å²) < 4.78 is 1.41. The summed E-state index contributed by atoms with van der Waals surface area (Å²) in [4.78, 5) is 42.7. The lowest BCUT2D eigenvalue weighted by Gasteiger charge is -2.22. The molecule has 0 bridgehead atoms. The number of nitrogens with zero attached hydrogens (tertiary/aromatic N) is 2. The van der Waals surface area contributed by atoms with Gasteiger partial charge in [-0.15, -0.1) is 11.3 Å². The highest BCUT2D eigenvalue weighted by Gasteiger charge is 2.28. The summed E-state index contributed by atoms with van der Waals surface area (Å²) in [5.41, 5.74) is 0.805. The minimum atomic E-state index is -1.04. The molecular weight excluding hydrogens is 366 g/mol. The van der Waals surface area contributed by atoms with Crippen LogP contribution in [0.2, 0.25) is 0 Å². The smallest absolute Gasteiger partial charge is 0.308 e. The van der Waals surface area contributed by atoms with Crippen molar-refractivity contribution >= 4 is 28.2 Å². The lowest BCUT2D eigenvalue weighted by molar-refractivity contribution is -0.142. The van der Waals surface area contributed by atoms with Gasteiger partial charge in [0.1, 0.15) is 5.56 Å². The van der Waals surface area contributed by atoms with E-state index in [0.717, 1.165) is 10.6 Å². The fourth-order valence-corrected chi connectivity index (χ4v) is 3.78. The normalized spacial score (nSPS) is 13.3. The number of hydrogen-bond acceptors (Lipinski definition) is 5. The van der Waals surface area contributed by atoms with E-state index in [0.29, 0.717) is 10.5 Å². The van der Waals surface area contributed by atoms with Crippen LogP contribution in [-0.4, -0.2) is 26.4 Å². The van der Waals surface area contributed by atoms with Gasteiger partial charge < -0.3 is 10.4 Å². The van der Waals surface area contributed by atoms with E-state index in [9.17, 15) is 19.5 Å². The van der Waals surface area contributed by atoms with Crippen LogP contribution in [0.4, 0.5) is 0 Å². The number of aliphatic carboxylic acids is 1. The van der Waals surface area contributed by atoms with Crippen molar-refractivity contribution in [3.8, 4) is 0 Å². The lowest BCUT2D eigenvalue weighted by Crippen LogP contribution is -2.38. The Morgan fingerprint density at radius 1 is 1.22 bits per heavy atom. The second-order valence-corrected chi connectivity index (χ2v) is 7.51. The van der Waals surface area contributed by atoms with Crippen LogP contribution in [0.25, 0.3) is 4.96 Å². The molecule has 0 aliphatic rings. The van der Waals surface area contributed by atoms with Crippen molar-refractivity contribution in [2.45, 2.75) is 26.8 Å². The molecule has 0 aliphatic carbocycles. The molecule has 3 rings (SSSR count). The number of rotatable bonds is 5. The van der Waals surface area contributed by atoms with E-state index in [1.165, 1.54) is 28.9 Å². The minimum Gasteiger partial charge on any atom is -0.481 e. The van der Waals surface area contributed by atoms with Gasteiger partial charge in [0.25, 0.3) is 11.5 Å². The SMILES string of the molecule is Cc1sc2ncc(C(=O)NC(c3ccccc3)C(C)C(=O)O)c(=O)n2c1C. The summed E-state index contributed by atoms with van der Waals surface area (Å²) in [6.45, 7) is 5.19. The molecule has 2 heterocycles. The number of aryl methyl sites for hydroxylation is 2. The molecule has 0 aliphatic heterocycles. The summed E-state index contributed by atoms with van der Waals surface area (Å²) in [6.07, 6.45) is 1.25. The highest BCUT2D eigenvalue weighted by molar-refractivity contribution is 7.17. The first-order valence-electron chi connectivity index (χ1n) is 8.37. The first-order valence-corrected chi connectivity index (χ1v) is 9.19. The number of nitrogens with one attached hydrogen (secondary N) is 1. The first kappa shape index (κ1) is 18.8. The van der Waals surface area contributed by atoms with Crippen molar-refractivity contribution in [2.24, 2.45) is 5.92 Å². The number of benzene rings is 1. The molecule has 2 unspecified atom stereocenters. The summed E-state index contributed by atoms with van der Waals surface area (Å²) in [5, 5.41) is 12.1. The third-order valence-electron chi connectivity index (χ3n) is 4.60. The number of carbonyl (C=O) groups is 2. The van der Waals surface area contributed by atoms with Gasteiger partial charge in [-0.1, -0.05) is 30.3 Å². The van der Waals surface area contributed by atoms with E-state index in [4.69, 9.17) is 0 Å². The topological polar surface area (TPSA) is 101 Å². The summed E-state index contributed by atoms with van der Waals surface area (Å²) in [7, 11) is 0. The zero-order chi connectivity index (χ0) is 19.7. The van der Waals surface area contributed by atoms with E-state index in [2.05, 4.69) is 10.3 Å². The second kappa shape index (κ2) is 7.32. The van der Waals surface area contributed by atoms with Crippen LogP contribution in [-0.2, 0) is 4.79 Å². The van der Waals surface area contributed by atoms with Crippen LogP contribution >= 0.6 is 11.3 Å². The summed E-state index contributed by atoms with van der Waals surface area (Å²) in [6, 6.07) is 8.05. The zero-order valence-electron chi connectivity index (χ0n) is 15.1. The Kier molecular flexibility index (Phi) is 5.09. The molecule has 2 aromatic heterocycles. The van der Waals surface area contributed by atoms with Crippen LogP contribution in [0.3, 0.4) is 0 Å². The van der Waals surface area contributed by atoms with Crippen LogP contribution < -0.4 is 10.9 Å². The molecule has 3 aromatic rings. The Morgan fingerprint density at radius 2 is 1.89 bits per heavy atom. The molecule has 1 aromatic carbocycles. The zero-order valence-corrected chi connectivity index (χ0v) is 15.9. The molecule has 1 amide bonds. The fourth-order valence-electron chi connectivity index (χ4n) is 2.85. The van der Waals surface area contributed by atoms with Gasteiger partial charge in [-0.25, -0.2) is 4.98 Å². The molecule has 0 saturated heterocycles. The van der Waals surface area contributed by atoms with Crippen molar-refractivity contribution in [3.63, 3.8) is 0 Å². The molecule has 8 heteroatoms. The Labute approximate surface area is 159 Å². The minimum absolute atomic E-state index is 0.119. The van der Waals surface area contributed by atoms with Gasteiger partial charge in [0.05, 0.1) is 12.0 Å². The predicted molar refractivity (Wildman–Crippen MR) is 102 cm³/mol. The van der Waals surface area contributed by atoms with E-state index in [-0.39, 0.29) is 5.56 Å². The Balaban J connectivity index is 2.00. The van der Waals surface area contributed by atoms with E-state index in [1.807, 2.05) is 6.92 Å². The standard InChI is InChI=1S/C19H19N3O4S/c1-10(18(25)26)15(13-7-5-4-6-8-13)21-16(23)14-9-20-19-22(17(14)24)11(2)12(3)27-19/h4-10,15H,1-3H3,(H,21,23)(H,25,26). The quantitative estimate of drug-likeness (QED) is 0.703. The molecule has 0 radical (unpaired) electrons. The highest BCUT2D eigenvalue weighted by atomic mass is 32.1. The lowest BCUT2D eigenvalue weighted by atomic mass is 9.94. The Hall–Kier alpha value is -3.00. The van der Waals surface area contributed by atoms with Crippen molar-refractivity contribution in [3.05, 3.63) is 68.6 Å². The number of aromatic nitrogens is 2. The van der Waals surface area contributed by atoms with E-state index >= 15 is 0 Å². The van der Waals surface area contributed by atoms with E-state index in [1.54, 1.807) is 37.3 Å². The van der Waals surface area contributed by atoms with Crippen LogP contribution in [0.15, 0.2) is 41.3 Å². The number of carboxylic acid groups (broad SMARTS) is 1. The molecule has 27 heavy (non-hydrogen) atoms.